The summed E-state index contributed by atoms with van der Waals surface area (Å²) in [4.78, 5) is 18.2. The van der Waals surface area contributed by atoms with Gasteiger partial charge in [0.05, 0.1) is 0 Å². The monoisotopic (exact) mass is 347 g/mol. The summed E-state index contributed by atoms with van der Waals surface area (Å²) < 4.78 is 5.66. The summed E-state index contributed by atoms with van der Waals surface area (Å²) in [5.74, 6) is 0.792. The Morgan fingerprint density at radius 2 is 1.84 bits per heavy atom. The molecule has 2 aliphatic heterocycles. The van der Waals surface area contributed by atoms with Gasteiger partial charge < -0.3 is 24.5 Å². The van der Waals surface area contributed by atoms with Crippen LogP contribution in [0.2, 0.25) is 0 Å². The second-order valence-electron chi connectivity index (χ2n) is 7.21. The quantitative estimate of drug-likeness (QED) is 0.849. The number of ether oxygens (including phenoxy) is 1. The van der Waals surface area contributed by atoms with Gasteiger partial charge in [-0.05, 0) is 31.9 Å². The lowest BCUT2D eigenvalue weighted by atomic mass is 10.0. The maximum atomic E-state index is 12.1. The van der Waals surface area contributed by atoms with Crippen molar-refractivity contribution in [3.63, 3.8) is 0 Å². The number of β-amino-alcohol motifs (C(OH)–C–C–N with tert-alkyl or cyclic N) is 1. The molecule has 2 amide bonds. The summed E-state index contributed by atoms with van der Waals surface area (Å²) >= 11 is 0. The number of amides is 2. The number of carbonyl (C=O) groups is 1. The lowest BCUT2D eigenvalue weighted by Crippen LogP contribution is -2.48. The molecule has 2 heterocycles. The molecule has 6 heteroatoms. The number of aliphatic hydroxyl groups is 1. The van der Waals surface area contributed by atoms with E-state index >= 15 is 0 Å². The predicted molar refractivity (Wildman–Crippen MR) is 96.9 cm³/mol. The molecule has 0 spiro atoms. The van der Waals surface area contributed by atoms with Crippen LogP contribution in [0.5, 0.6) is 5.75 Å². The van der Waals surface area contributed by atoms with E-state index in [0.29, 0.717) is 19.2 Å². The molecule has 2 aliphatic rings. The molecular formula is C19H29N3O3. The summed E-state index contributed by atoms with van der Waals surface area (Å²) in [6.07, 6.45) is 1.45. The Labute approximate surface area is 150 Å². The van der Waals surface area contributed by atoms with Crippen LogP contribution in [0.1, 0.15) is 18.4 Å². The molecule has 1 N–H and O–H groups in total. The van der Waals surface area contributed by atoms with Crippen LogP contribution in [-0.2, 0) is 0 Å². The summed E-state index contributed by atoms with van der Waals surface area (Å²) in [7, 11) is 1.86. The van der Waals surface area contributed by atoms with E-state index in [-0.39, 0.29) is 6.03 Å². The van der Waals surface area contributed by atoms with Crippen LogP contribution < -0.4 is 4.74 Å². The van der Waals surface area contributed by atoms with Gasteiger partial charge in [-0.25, -0.2) is 4.79 Å². The lowest BCUT2D eigenvalue weighted by Gasteiger charge is -2.37. The smallest absolute Gasteiger partial charge is 0.320 e. The second-order valence-corrected chi connectivity index (χ2v) is 7.21. The topological polar surface area (TPSA) is 56.3 Å². The highest BCUT2D eigenvalue weighted by atomic mass is 16.5. The third-order valence-corrected chi connectivity index (χ3v) is 5.18. The van der Waals surface area contributed by atoms with E-state index in [1.54, 1.807) is 4.90 Å². The average Bonchev–Trinajstić information content (AvgIpc) is 2.94. The third-order valence-electron chi connectivity index (χ3n) is 5.18. The zero-order valence-electron chi connectivity index (χ0n) is 15.2. The zero-order valence-corrected chi connectivity index (χ0v) is 15.2. The molecule has 1 aromatic carbocycles. The number of piperidine rings is 1. The van der Waals surface area contributed by atoms with Crippen molar-refractivity contribution in [3.05, 3.63) is 29.8 Å². The maximum Gasteiger partial charge on any atom is 0.320 e. The van der Waals surface area contributed by atoms with Crippen molar-refractivity contribution in [3.8, 4) is 5.75 Å². The van der Waals surface area contributed by atoms with Crippen LogP contribution in [0.3, 0.4) is 0 Å². The molecule has 0 bridgehead atoms. The number of benzene rings is 1. The Bertz CT molecular complexity index is 570. The molecule has 0 saturated carbocycles. The van der Waals surface area contributed by atoms with E-state index in [1.165, 1.54) is 5.56 Å². The number of carbonyl (C=O) groups excluding carboxylic acids is 1. The highest BCUT2D eigenvalue weighted by Gasteiger charge is 2.33. The van der Waals surface area contributed by atoms with Gasteiger partial charge in [-0.15, -0.1) is 0 Å². The molecule has 0 aromatic heterocycles. The van der Waals surface area contributed by atoms with Gasteiger partial charge in [-0.3, -0.25) is 0 Å². The zero-order chi connectivity index (χ0) is 17.8. The minimum Gasteiger partial charge on any atom is -0.491 e. The van der Waals surface area contributed by atoms with Crippen LogP contribution in [0, 0.1) is 6.92 Å². The molecule has 1 atom stereocenters. The van der Waals surface area contributed by atoms with Crippen molar-refractivity contribution in [1.29, 1.82) is 0 Å². The molecule has 6 nitrogen and oxygen atoms in total. The molecule has 0 unspecified atom stereocenters. The number of nitrogens with zero attached hydrogens (tertiary/aromatic N) is 3. The molecule has 0 aliphatic carbocycles. The van der Waals surface area contributed by atoms with Gasteiger partial charge in [0.25, 0.3) is 0 Å². The molecule has 138 valence electrons. The highest BCUT2D eigenvalue weighted by Crippen LogP contribution is 2.21. The summed E-state index contributed by atoms with van der Waals surface area (Å²) in [6.45, 7) is 6.46. The Morgan fingerprint density at radius 1 is 1.16 bits per heavy atom. The van der Waals surface area contributed by atoms with E-state index in [1.807, 2.05) is 43.1 Å². The van der Waals surface area contributed by atoms with Crippen LogP contribution >= 0.6 is 0 Å². The molecule has 2 saturated heterocycles. The number of likely N-dealkylation sites (N-methyl/N-ethyl adjacent to an activating group) is 1. The fourth-order valence-electron chi connectivity index (χ4n) is 3.60. The van der Waals surface area contributed by atoms with Crippen molar-refractivity contribution in [2.75, 3.05) is 46.4 Å². The van der Waals surface area contributed by atoms with Crippen LogP contribution in [0.25, 0.3) is 0 Å². The van der Waals surface area contributed by atoms with Gasteiger partial charge in [-0.1, -0.05) is 17.7 Å². The normalized spacial score (nSPS) is 21.0. The van der Waals surface area contributed by atoms with Crippen molar-refractivity contribution in [1.82, 2.24) is 14.7 Å². The van der Waals surface area contributed by atoms with Crippen molar-refractivity contribution in [2.45, 2.75) is 31.9 Å². The maximum absolute atomic E-state index is 12.1. The number of aliphatic hydroxyl groups excluding tert-OH is 1. The van der Waals surface area contributed by atoms with E-state index < -0.39 is 6.10 Å². The van der Waals surface area contributed by atoms with E-state index in [2.05, 4.69) is 4.90 Å². The van der Waals surface area contributed by atoms with Gasteiger partial charge in [0.2, 0.25) is 0 Å². The fraction of sp³-hybridized carbons (Fsp3) is 0.632. The fourth-order valence-corrected chi connectivity index (χ4v) is 3.60. The number of hydrogen-bond donors (Lipinski definition) is 1. The number of rotatable bonds is 6. The highest BCUT2D eigenvalue weighted by molar-refractivity contribution is 5.76. The van der Waals surface area contributed by atoms with Crippen molar-refractivity contribution >= 4 is 6.03 Å². The third kappa shape index (κ3) is 4.64. The minimum absolute atomic E-state index is 0.157. The Kier molecular flexibility index (Phi) is 5.81. The first kappa shape index (κ1) is 18.0. The van der Waals surface area contributed by atoms with Gasteiger partial charge in [-0.2, -0.15) is 0 Å². The molecule has 25 heavy (non-hydrogen) atoms. The first-order valence-corrected chi connectivity index (χ1v) is 9.14. The molecule has 1 aromatic rings. The molecular weight excluding hydrogens is 318 g/mol. The number of likely N-dealkylation sites (tertiary alicyclic amines) is 1. The molecule has 2 fully saturated rings. The van der Waals surface area contributed by atoms with Gasteiger partial charge in [0, 0.05) is 45.8 Å². The number of urea groups is 1. The van der Waals surface area contributed by atoms with E-state index in [4.69, 9.17) is 4.74 Å². The van der Waals surface area contributed by atoms with Gasteiger partial charge >= 0.3 is 6.03 Å². The lowest BCUT2D eigenvalue weighted by molar-refractivity contribution is 0.0505. The second kappa shape index (κ2) is 8.06. The van der Waals surface area contributed by atoms with Crippen LogP contribution in [0.4, 0.5) is 4.79 Å². The predicted octanol–water partition coefficient (Wildman–Crippen LogP) is 1.57. The first-order chi connectivity index (χ1) is 12.0. The number of hydrogen-bond acceptors (Lipinski definition) is 4. The summed E-state index contributed by atoms with van der Waals surface area (Å²) in [5.41, 5.74) is 1.19. The van der Waals surface area contributed by atoms with Gasteiger partial charge in [0.1, 0.15) is 18.5 Å². The largest absolute Gasteiger partial charge is 0.491 e. The van der Waals surface area contributed by atoms with Crippen LogP contribution in [-0.4, -0.2) is 84.4 Å². The number of aryl methyl sites for hydroxylation is 1. The van der Waals surface area contributed by atoms with Crippen molar-refractivity contribution < 1.29 is 14.6 Å². The SMILES string of the molecule is Cc1ccc(OC[C@@H](O)CN2CCC(N3CCN(C)C3=O)CC2)cc1. The first-order valence-electron chi connectivity index (χ1n) is 9.14. The average molecular weight is 347 g/mol. The summed E-state index contributed by atoms with van der Waals surface area (Å²) in [6, 6.07) is 8.36. The summed E-state index contributed by atoms with van der Waals surface area (Å²) in [5, 5.41) is 10.2. The molecule has 0 radical (unpaired) electrons. The van der Waals surface area contributed by atoms with Crippen molar-refractivity contribution in [2.24, 2.45) is 0 Å². The van der Waals surface area contributed by atoms with E-state index in [0.717, 1.165) is 44.8 Å². The van der Waals surface area contributed by atoms with Crippen LogP contribution in [0.15, 0.2) is 24.3 Å². The van der Waals surface area contributed by atoms with E-state index in [9.17, 15) is 9.90 Å². The van der Waals surface area contributed by atoms with Gasteiger partial charge in [0.15, 0.2) is 0 Å². The Hall–Kier alpha value is -1.79. The Balaban J connectivity index is 1.38. The standard InChI is InChI=1S/C19H29N3O3/c1-15-3-5-18(6-4-15)25-14-17(23)13-21-9-7-16(8-10-21)22-12-11-20(2)19(22)24/h3-6,16-17,23H,7-14H2,1-2H3/t17-/m0/s1. The Morgan fingerprint density at radius 3 is 2.44 bits per heavy atom. The minimum atomic E-state index is -0.502. The molecule has 3 rings (SSSR count).